The van der Waals surface area contributed by atoms with Crippen molar-refractivity contribution in [2.24, 2.45) is 0 Å². The van der Waals surface area contributed by atoms with Crippen molar-refractivity contribution in [2.45, 2.75) is 19.3 Å². The van der Waals surface area contributed by atoms with Gasteiger partial charge >= 0.3 is 0 Å². The van der Waals surface area contributed by atoms with Crippen LogP contribution in [0.25, 0.3) is 0 Å². The van der Waals surface area contributed by atoms with Gasteiger partial charge in [0.2, 0.25) is 0 Å². The first-order valence-electron chi connectivity index (χ1n) is 7.96. The molecule has 0 radical (unpaired) electrons. The second kappa shape index (κ2) is 6.28. The molecule has 0 aliphatic heterocycles. The fourth-order valence-electron chi connectivity index (χ4n) is 2.75. The molecule has 0 bridgehead atoms. The van der Waals surface area contributed by atoms with Crippen molar-refractivity contribution in [1.29, 1.82) is 0 Å². The fourth-order valence-corrected chi connectivity index (χ4v) is 2.75. The van der Waals surface area contributed by atoms with Crippen LogP contribution in [-0.2, 0) is 5.41 Å². The Morgan fingerprint density at radius 2 is 1.38 bits per heavy atom. The Hall–Kier alpha value is -2.94. The van der Waals surface area contributed by atoms with E-state index in [0.717, 1.165) is 5.75 Å². The molecule has 122 valence electrons. The van der Waals surface area contributed by atoms with Crippen LogP contribution in [-0.4, -0.2) is 0 Å². The predicted octanol–water partition coefficient (Wildman–Crippen LogP) is 4.97. The second-order valence-electron chi connectivity index (χ2n) is 6.41. The van der Waals surface area contributed by atoms with E-state index in [0.29, 0.717) is 17.1 Å². The maximum Gasteiger partial charge on any atom is 0.150 e. The number of hydrogen-bond donors (Lipinski definition) is 2. The van der Waals surface area contributed by atoms with Crippen LogP contribution < -0.4 is 16.2 Å². The van der Waals surface area contributed by atoms with E-state index in [4.69, 9.17) is 16.2 Å². The maximum atomic E-state index is 5.94. The molecule has 24 heavy (non-hydrogen) atoms. The standard InChI is InChI=1S/C21H22N2O/c1-21(2,15-6-4-3-5-7-15)16-8-11-18(12-9-16)24-20-13-10-17(22)14-19(20)23/h3-14H,22-23H2,1-2H3. The lowest BCUT2D eigenvalue weighted by Crippen LogP contribution is -2.18. The molecule has 0 fully saturated rings. The van der Waals surface area contributed by atoms with Crippen LogP contribution in [0.15, 0.2) is 72.8 Å². The average molecular weight is 318 g/mol. The van der Waals surface area contributed by atoms with Gasteiger partial charge in [-0.1, -0.05) is 56.3 Å². The summed E-state index contributed by atoms with van der Waals surface area (Å²) in [6, 6.07) is 23.9. The fraction of sp³-hybridized carbons (Fsp3) is 0.143. The number of rotatable bonds is 4. The molecule has 0 amide bonds. The molecular weight excluding hydrogens is 296 g/mol. The molecule has 0 aliphatic carbocycles. The quantitative estimate of drug-likeness (QED) is 0.668. The van der Waals surface area contributed by atoms with Gasteiger partial charge in [0, 0.05) is 11.1 Å². The Morgan fingerprint density at radius 3 is 2.00 bits per heavy atom. The molecule has 0 saturated heterocycles. The van der Waals surface area contributed by atoms with E-state index in [9.17, 15) is 0 Å². The molecule has 0 saturated carbocycles. The van der Waals surface area contributed by atoms with Crippen molar-refractivity contribution >= 4 is 11.4 Å². The highest BCUT2D eigenvalue weighted by Gasteiger charge is 2.22. The molecule has 3 rings (SSSR count). The topological polar surface area (TPSA) is 61.3 Å². The van der Waals surface area contributed by atoms with Gasteiger partial charge in [-0.2, -0.15) is 0 Å². The summed E-state index contributed by atoms with van der Waals surface area (Å²) in [4.78, 5) is 0. The summed E-state index contributed by atoms with van der Waals surface area (Å²) in [7, 11) is 0. The Bertz CT molecular complexity index is 824. The van der Waals surface area contributed by atoms with Crippen molar-refractivity contribution in [3.63, 3.8) is 0 Å². The third-order valence-corrected chi connectivity index (χ3v) is 4.33. The largest absolute Gasteiger partial charge is 0.455 e. The zero-order valence-electron chi connectivity index (χ0n) is 14.0. The molecule has 3 heteroatoms. The molecule has 3 aromatic carbocycles. The van der Waals surface area contributed by atoms with Crippen LogP contribution in [0.1, 0.15) is 25.0 Å². The van der Waals surface area contributed by atoms with Gasteiger partial charge in [-0.3, -0.25) is 0 Å². The average Bonchev–Trinajstić information content (AvgIpc) is 2.59. The van der Waals surface area contributed by atoms with Crippen molar-refractivity contribution in [1.82, 2.24) is 0 Å². The maximum absolute atomic E-state index is 5.94. The summed E-state index contributed by atoms with van der Waals surface area (Å²) >= 11 is 0. The van der Waals surface area contributed by atoms with E-state index in [2.05, 4.69) is 50.2 Å². The van der Waals surface area contributed by atoms with E-state index in [1.165, 1.54) is 11.1 Å². The van der Waals surface area contributed by atoms with Crippen LogP contribution in [0.2, 0.25) is 0 Å². The Labute approximate surface area is 142 Å². The third-order valence-electron chi connectivity index (χ3n) is 4.33. The van der Waals surface area contributed by atoms with Crippen molar-refractivity contribution in [3.8, 4) is 11.5 Å². The number of benzene rings is 3. The lowest BCUT2D eigenvalue weighted by Gasteiger charge is -2.26. The molecule has 0 heterocycles. The van der Waals surface area contributed by atoms with Gasteiger partial charge in [0.05, 0.1) is 5.69 Å². The third kappa shape index (κ3) is 3.20. The highest BCUT2D eigenvalue weighted by molar-refractivity contribution is 5.61. The van der Waals surface area contributed by atoms with Gasteiger partial charge in [-0.15, -0.1) is 0 Å². The number of ether oxygens (including phenoxy) is 1. The van der Waals surface area contributed by atoms with Crippen molar-refractivity contribution < 1.29 is 4.74 Å². The van der Waals surface area contributed by atoms with E-state index in [1.54, 1.807) is 18.2 Å². The first-order valence-corrected chi connectivity index (χ1v) is 7.96. The number of nitrogens with two attached hydrogens (primary N) is 2. The van der Waals surface area contributed by atoms with Gasteiger partial charge in [-0.05, 0) is 41.5 Å². The number of hydrogen-bond acceptors (Lipinski definition) is 3. The Balaban J connectivity index is 1.83. The molecule has 0 atom stereocenters. The SMILES string of the molecule is CC(C)(c1ccccc1)c1ccc(Oc2ccc(N)cc2N)cc1. The van der Waals surface area contributed by atoms with E-state index < -0.39 is 0 Å². The van der Waals surface area contributed by atoms with Gasteiger partial charge in [0.15, 0.2) is 0 Å². The van der Waals surface area contributed by atoms with Gasteiger partial charge in [-0.25, -0.2) is 0 Å². The van der Waals surface area contributed by atoms with Gasteiger partial charge < -0.3 is 16.2 Å². The smallest absolute Gasteiger partial charge is 0.150 e. The monoisotopic (exact) mass is 318 g/mol. The second-order valence-corrected chi connectivity index (χ2v) is 6.41. The lowest BCUT2D eigenvalue weighted by atomic mass is 9.78. The summed E-state index contributed by atoms with van der Waals surface area (Å²) < 4.78 is 5.86. The molecule has 0 aliphatic rings. The summed E-state index contributed by atoms with van der Waals surface area (Å²) in [5.74, 6) is 1.36. The summed E-state index contributed by atoms with van der Waals surface area (Å²) in [5.41, 5.74) is 15.2. The van der Waals surface area contributed by atoms with E-state index in [-0.39, 0.29) is 5.41 Å². The van der Waals surface area contributed by atoms with Crippen LogP contribution in [0.3, 0.4) is 0 Å². The first kappa shape index (κ1) is 15.9. The van der Waals surface area contributed by atoms with E-state index >= 15 is 0 Å². The predicted molar refractivity (Wildman–Crippen MR) is 100 cm³/mol. The Kier molecular flexibility index (Phi) is 4.17. The Morgan fingerprint density at radius 1 is 0.750 bits per heavy atom. The highest BCUT2D eigenvalue weighted by Crippen LogP contribution is 2.34. The van der Waals surface area contributed by atoms with Crippen LogP contribution >= 0.6 is 0 Å². The normalized spacial score (nSPS) is 11.2. The summed E-state index contributed by atoms with van der Waals surface area (Å²) in [6.45, 7) is 4.44. The van der Waals surface area contributed by atoms with Gasteiger partial charge in [0.1, 0.15) is 11.5 Å². The lowest BCUT2D eigenvalue weighted by molar-refractivity contribution is 0.484. The number of nitrogen functional groups attached to an aromatic ring is 2. The summed E-state index contributed by atoms with van der Waals surface area (Å²) in [5, 5.41) is 0. The molecule has 0 unspecified atom stereocenters. The van der Waals surface area contributed by atoms with Crippen LogP contribution in [0.4, 0.5) is 11.4 Å². The summed E-state index contributed by atoms with van der Waals surface area (Å²) in [6.07, 6.45) is 0. The minimum absolute atomic E-state index is 0.0694. The highest BCUT2D eigenvalue weighted by atomic mass is 16.5. The van der Waals surface area contributed by atoms with Crippen LogP contribution in [0.5, 0.6) is 11.5 Å². The number of anilines is 2. The molecule has 4 N–H and O–H groups in total. The molecule has 3 aromatic rings. The van der Waals surface area contributed by atoms with Crippen molar-refractivity contribution in [3.05, 3.63) is 83.9 Å². The minimum atomic E-state index is -0.0694. The molecule has 3 nitrogen and oxygen atoms in total. The molecular formula is C21H22N2O. The van der Waals surface area contributed by atoms with Crippen molar-refractivity contribution in [2.75, 3.05) is 11.5 Å². The van der Waals surface area contributed by atoms with E-state index in [1.807, 2.05) is 18.2 Å². The van der Waals surface area contributed by atoms with Crippen LogP contribution in [0, 0.1) is 0 Å². The molecule has 0 spiro atoms. The minimum Gasteiger partial charge on any atom is -0.455 e. The first-order chi connectivity index (χ1) is 11.5. The van der Waals surface area contributed by atoms with Gasteiger partial charge in [0.25, 0.3) is 0 Å². The zero-order chi connectivity index (χ0) is 17.2. The zero-order valence-corrected chi connectivity index (χ0v) is 14.0. The molecule has 0 aromatic heterocycles.